The summed E-state index contributed by atoms with van der Waals surface area (Å²) in [6, 6.07) is 67.3. The molecule has 0 saturated carbocycles. The van der Waals surface area contributed by atoms with E-state index in [4.69, 9.17) is 0 Å². The first-order valence-electron chi connectivity index (χ1n) is 19.7. The third-order valence-electron chi connectivity index (χ3n) is 12.7. The molecule has 0 amide bonds. The van der Waals surface area contributed by atoms with Crippen molar-refractivity contribution in [3.8, 4) is 22.3 Å². The van der Waals surface area contributed by atoms with Gasteiger partial charge in [-0.15, -0.1) is 0 Å². The highest BCUT2D eigenvalue weighted by atomic mass is 31.2. The van der Waals surface area contributed by atoms with Gasteiger partial charge in [-0.25, -0.2) is 0 Å². The van der Waals surface area contributed by atoms with Gasteiger partial charge in [-0.1, -0.05) is 141 Å². The van der Waals surface area contributed by atoms with E-state index in [9.17, 15) is 0 Å². The molecule has 3 nitrogen and oxygen atoms in total. The third-order valence-corrected chi connectivity index (χ3v) is 15.9. The molecule has 12 rings (SSSR count). The Morgan fingerprint density at radius 2 is 0.807 bits per heavy atom. The summed E-state index contributed by atoms with van der Waals surface area (Å²) < 4.78 is 16.3. The van der Waals surface area contributed by atoms with Gasteiger partial charge >= 0.3 is 0 Å². The second-order valence-corrected chi connectivity index (χ2v) is 18.7. The molecular formula is C53H37N2OP. The lowest BCUT2D eigenvalue weighted by Gasteiger charge is -2.42. The Balaban J connectivity index is 1.10. The van der Waals surface area contributed by atoms with Crippen molar-refractivity contribution in [2.75, 3.05) is 9.80 Å². The zero-order chi connectivity index (χ0) is 38.0. The lowest BCUT2D eigenvalue weighted by Crippen LogP contribution is -2.42. The van der Waals surface area contributed by atoms with Crippen LogP contribution in [0, 0.1) is 0 Å². The number of hydrogen-bond acceptors (Lipinski definition) is 3. The molecule has 0 atom stereocenters. The van der Waals surface area contributed by atoms with Crippen LogP contribution in [0.25, 0.3) is 43.8 Å². The molecule has 3 aliphatic rings. The molecule has 9 aromatic carbocycles. The summed E-state index contributed by atoms with van der Waals surface area (Å²) in [6.07, 6.45) is 0. The fourth-order valence-corrected chi connectivity index (χ4v) is 13.5. The molecule has 0 saturated heterocycles. The third kappa shape index (κ3) is 4.35. The molecular weight excluding hydrogens is 712 g/mol. The van der Waals surface area contributed by atoms with Crippen LogP contribution in [0.1, 0.15) is 25.0 Å². The predicted molar refractivity (Wildman–Crippen MR) is 240 cm³/mol. The Bertz CT molecular complexity index is 3020. The minimum atomic E-state index is -3.31. The first-order valence-corrected chi connectivity index (χ1v) is 21.4. The van der Waals surface area contributed by atoms with E-state index in [0.717, 1.165) is 61.2 Å². The average molecular weight is 749 g/mol. The highest BCUT2D eigenvalue weighted by Crippen LogP contribution is 2.57. The SMILES string of the molecule is CC1(C)c2cc(N3c4ccccc4-c4cccc5cccc3c45)ccc2P(=O)(c2ccccc2)c2ccc(N3c4ccccc4-c4cccc5cccc3c45)cc21. The van der Waals surface area contributed by atoms with Gasteiger partial charge in [0, 0.05) is 54.6 Å². The molecule has 0 aliphatic carbocycles. The Morgan fingerprint density at radius 1 is 0.404 bits per heavy atom. The van der Waals surface area contributed by atoms with Crippen LogP contribution < -0.4 is 25.7 Å². The van der Waals surface area contributed by atoms with Gasteiger partial charge in [0.05, 0.1) is 22.7 Å². The van der Waals surface area contributed by atoms with Crippen molar-refractivity contribution in [3.05, 3.63) is 199 Å². The van der Waals surface area contributed by atoms with Crippen molar-refractivity contribution in [1.29, 1.82) is 0 Å². The van der Waals surface area contributed by atoms with E-state index in [1.165, 1.54) is 43.8 Å². The molecule has 270 valence electrons. The quantitative estimate of drug-likeness (QED) is 0.168. The maximum atomic E-state index is 16.3. The van der Waals surface area contributed by atoms with Crippen LogP contribution in [0.2, 0.25) is 0 Å². The first kappa shape index (κ1) is 32.6. The van der Waals surface area contributed by atoms with Gasteiger partial charge in [-0.3, -0.25) is 0 Å². The van der Waals surface area contributed by atoms with Crippen LogP contribution in [0.4, 0.5) is 34.1 Å². The molecule has 4 heteroatoms. The summed E-state index contributed by atoms with van der Waals surface area (Å²) in [5, 5.41) is 7.61. The number of anilines is 6. The van der Waals surface area contributed by atoms with Gasteiger partial charge < -0.3 is 14.4 Å². The average Bonchev–Trinajstić information content (AvgIpc) is 3.26. The summed E-state index contributed by atoms with van der Waals surface area (Å²) in [6.45, 7) is 4.63. The highest BCUT2D eigenvalue weighted by molar-refractivity contribution is 7.85. The minimum Gasteiger partial charge on any atom is -0.309 e. The van der Waals surface area contributed by atoms with Gasteiger partial charge in [0.2, 0.25) is 0 Å². The van der Waals surface area contributed by atoms with Crippen molar-refractivity contribution in [2.24, 2.45) is 0 Å². The summed E-state index contributed by atoms with van der Waals surface area (Å²) in [5.41, 5.74) is 13.3. The van der Waals surface area contributed by atoms with Gasteiger partial charge in [0.1, 0.15) is 0 Å². The number of fused-ring (bicyclic) bond motifs is 6. The lowest BCUT2D eigenvalue weighted by molar-refractivity contribution is 0.586. The fraction of sp³-hybridized carbons (Fsp3) is 0.0566. The number of benzene rings is 9. The topological polar surface area (TPSA) is 23.6 Å². The predicted octanol–water partition coefficient (Wildman–Crippen LogP) is 13.2. The van der Waals surface area contributed by atoms with E-state index >= 15 is 4.57 Å². The Labute approximate surface area is 332 Å². The standard InChI is InChI=1S/C53H37N2OP/c1-53(2)43-32-36(54-45-24-8-6-20-39(45)41-22-10-14-34-16-12-26-47(54)51(34)41)28-30-49(43)57(56,38-18-4-3-5-19-38)50-31-29-37(33-44(50)53)55-46-25-9-7-21-40(46)42-23-11-15-35-17-13-27-48(55)52(35)42/h3-33H,1-2H3. The monoisotopic (exact) mass is 748 g/mol. The minimum absolute atomic E-state index is 0.488. The number of hydrogen-bond donors (Lipinski definition) is 0. The van der Waals surface area contributed by atoms with Crippen LogP contribution in [0.5, 0.6) is 0 Å². The van der Waals surface area contributed by atoms with Crippen LogP contribution in [0.15, 0.2) is 188 Å². The summed E-state index contributed by atoms with van der Waals surface area (Å²) in [4.78, 5) is 4.81. The van der Waals surface area contributed by atoms with E-state index < -0.39 is 12.6 Å². The molecule has 3 aliphatic heterocycles. The molecule has 0 unspecified atom stereocenters. The van der Waals surface area contributed by atoms with E-state index in [2.05, 4.69) is 181 Å². The normalized spacial score (nSPS) is 15.1. The van der Waals surface area contributed by atoms with Crippen LogP contribution in [-0.4, -0.2) is 0 Å². The Morgan fingerprint density at radius 3 is 1.30 bits per heavy atom. The molecule has 0 fully saturated rings. The summed E-state index contributed by atoms with van der Waals surface area (Å²) in [5.74, 6) is 0. The van der Waals surface area contributed by atoms with E-state index in [1.54, 1.807) is 0 Å². The molecule has 9 aromatic rings. The smallest absolute Gasteiger partial charge is 0.171 e. The van der Waals surface area contributed by atoms with E-state index in [-0.39, 0.29) is 0 Å². The number of nitrogens with zero attached hydrogens (tertiary/aromatic N) is 2. The van der Waals surface area contributed by atoms with E-state index in [0.29, 0.717) is 0 Å². The number of para-hydroxylation sites is 2. The zero-order valence-electron chi connectivity index (χ0n) is 31.6. The second-order valence-electron chi connectivity index (χ2n) is 16.0. The molecule has 0 radical (unpaired) electrons. The largest absolute Gasteiger partial charge is 0.309 e. The maximum Gasteiger partial charge on any atom is 0.171 e. The van der Waals surface area contributed by atoms with Crippen LogP contribution in [-0.2, 0) is 9.98 Å². The zero-order valence-corrected chi connectivity index (χ0v) is 32.5. The van der Waals surface area contributed by atoms with Crippen molar-refractivity contribution in [1.82, 2.24) is 0 Å². The Hall–Kier alpha value is -6.67. The van der Waals surface area contributed by atoms with Crippen molar-refractivity contribution < 1.29 is 4.57 Å². The first-order chi connectivity index (χ1) is 27.9. The molecule has 57 heavy (non-hydrogen) atoms. The van der Waals surface area contributed by atoms with Crippen molar-refractivity contribution >= 4 is 78.7 Å². The summed E-state index contributed by atoms with van der Waals surface area (Å²) >= 11 is 0. The van der Waals surface area contributed by atoms with Crippen molar-refractivity contribution in [3.63, 3.8) is 0 Å². The maximum absolute atomic E-state index is 16.3. The van der Waals surface area contributed by atoms with Crippen molar-refractivity contribution in [2.45, 2.75) is 19.3 Å². The van der Waals surface area contributed by atoms with Gasteiger partial charge in [-0.2, -0.15) is 0 Å². The van der Waals surface area contributed by atoms with Gasteiger partial charge in [0.25, 0.3) is 0 Å². The fourth-order valence-electron chi connectivity index (χ4n) is 10.1. The van der Waals surface area contributed by atoms with E-state index in [1.807, 2.05) is 30.3 Å². The summed E-state index contributed by atoms with van der Waals surface area (Å²) in [7, 11) is -3.31. The molecule has 0 aromatic heterocycles. The van der Waals surface area contributed by atoms with Crippen LogP contribution in [0.3, 0.4) is 0 Å². The molecule has 3 heterocycles. The lowest BCUT2D eigenvalue weighted by atomic mass is 9.77. The number of rotatable bonds is 3. The molecule has 0 bridgehead atoms. The van der Waals surface area contributed by atoms with Crippen LogP contribution >= 0.6 is 7.14 Å². The van der Waals surface area contributed by atoms with Gasteiger partial charge in [-0.05, 0) is 93.7 Å². The van der Waals surface area contributed by atoms with Gasteiger partial charge in [0.15, 0.2) is 7.14 Å². The molecule has 0 spiro atoms. The highest BCUT2D eigenvalue weighted by Gasteiger charge is 2.46. The second kappa shape index (κ2) is 11.7. The molecule has 0 N–H and O–H groups in total. The Kier molecular flexibility index (Phi) is 6.67.